The van der Waals surface area contributed by atoms with Crippen molar-refractivity contribution in [2.24, 2.45) is 28.3 Å². The molecule has 1 rings (SSSR count). The fraction of sp³-hybridized carbons (Fsp3) is 0.545. The van der Waals surface area contributed by atoms with Gasteiger partial charge in [0, 0.05) is 6.42 Å². The number of nitrogens with zero attached hydrogens (tertiary/aromatic N) is 1. The average Bonchev–Trinajstić information content (AvgIpc) is 2.79. The van der Waals surface area contributed by atoms with Crippen molar-refractivity contribution in [1.29, 1.82) is 0 Å². The predicted octanol–water partition coefficient (Wildman–Crippen LogP) is -1.82. The molecule has 1 unspecified atom stereocenters. The molecule has 0 aliphatic carbocycles. The Kier molecular flexibility index (Phi) is 20.3. The van der Waals surface area contributed by atoms with Gasteiger partial charge in [0.2, 0.25) is 23.7 Å². The Labute approximate surface area is 213 Å². The molecule has 0 aliphatic heterocycles. The Hall–Kier alpha value is -3.36. The number of benzene rings is 1. The molecule has 2 atom stereocenters. The number of hydrogen-bond acceptors (Lipinski definition) is 8. The summed E-state index contributed by atoms with van der Waals surface area (Å²) in [5.41, 5.74) is 16.0. The van der Waals surface area contributed by atoms with Crippen molar-refractivity contribution in [2.45, 2.75) is 53.1 Å². The van der Waals surface area contributed by atoms with Crippen molar-refractivity contribution < 1.29 is 29.3 Å². The molecule has 11 N–H and O–H groups in total. The zero-order valence-electron chi connectivity index (χ0n) is 21.7. The molecule has 3 amide bonds. The van der Waals surface area contributed by atoms with E-state index in [0.29, 0.717) is 6.61 Å². The fourth-order valence-electron chi connectivity index (χ4n) is 2.09. The van der Waals surface area contributed by atoms with E-state index < -0.39 is 36.9 Å². The zero-order chi connectivity index (χ0) is 28.1. The van der Waals surface area contributed by atoms with Gasteiger partial charge in [0.15, 0.2) is 0 Å². The lowest BCUT2D eigenvalue weighted by atomic mass is 9.92. The SMILES string of the molecule is CC(C)C.CC(N)C(=O)NCC(=O)N[C@@H](Cc1ccccc1)C(=O)NCB(O)O.CCON=C(N)N. The van der Waals surface area contributed by atoms with E-state index in [4.69, 9.17) is 27.2 Å². The van der Waals surface area contributed by atoms with Gasteiger partial charge in [0.05, 0.1) is 19.0 Å². The molecule has 0 heterocycles. The number of guanidine groups is 1. The third kappa shape index (κ3) is 22.4. The molecule has 0 bridgehead atoms. The number of oxime groups is 1. The molecule has 0 aliphatic rings. The summed E-state index contributed by atoms with van der Waals surface area (Å²) >= 11 is 0. The highest BCUT2D eigenvalue weighted by atomic mass is 16.6. The van der Waals surface area contributed by atoms with Gasteiger partial charge in [-0.05, 0) is 30.5 Å². The van der Waals surface area contributed by atoms with Gasteiger partial charge >= 0.3 is 7.12 Å². The molecule has 0 aromatic heterocycles. The first kappa shape index (κ1) is 34.8. The Morgan fingerprint density at radius 1 is 1.03 bits per heavy atom. The monoisotopic (exact) mass is 511 g/mol. The number of nitrogens with two attached hydrogens (primary N) is 3. The summed E-state index contributed by atoms with van der Waals surface area (Å²) in [6.45, 7) is 9.96. The van der Waals surface area contributed by atoms with Crippen LogP contribution in [0, 0.1) is 5.92 Å². The second kappa shape index (κ2) is 21.0. The lowest BCUT2D eigenvalue weighted by Gasteiger charge is -2.19. The van der Waals surface area contributed by atoms with E-state index in [0.717, 1.165) is 11.5 Å². The van der Waals surface area contributed by atoms with Gasteiger partial charge in [-0.1, -0.05) is 51.1 Å². The van der Waals surface area contributed by atoms with E-state index >= 15 is 0 Å². The molecule has 204 valence electrons. The molecular weight excluding hydrogens is 469 g/mol. The maximum absolute atomic E-state index is 12.2. The van der Waals surface area contributed by atoms with Crippen LogP contribution in [0.5, 0.6) is 0 Å². The highest BCUT2D eigenvalue weighted by molar-refractivity contribution is 6.41. The van der Waals surface area contributed by atoms with E-state index in [1.165, 1.54) is 6.92 Å². The number of rotatable bonds is 11. The minimum atomic E-state index is -1.69. The number of amides is 3. The van der Waals surface area contributed by atoms with E-state index in [2.05, 4.69) is 46.7 Å². The normalized spacial score (nSPS) is 11.2. The van der Waals surface area contributed by atoms with Gasteiger partial charge in [-0.25, -0.2) is 0 Å². The minimum absolute atomic E-state index is 0.0400. The van der Waals surface area contributed by atoms with Crippen molar-refractivity contribution in [3.8, 4) is 0 Å². The van der Waals surface area contributed by atoms with Gasteiger partial charge in [-0.2, -0.15) is 0 Å². The second-order valence-electron chi connectivity index (χ2n) is 8.21. The average molecular weight is 511 g/mol. The smallest absolute Gasteiger partial charge is 0.426 e. The molecule has 0 fully saturated rings. The Balaban J connectivity index is 0. The van der Waals surface area contributed by atoms with E-state index in [1.807, 2.05) is 6.07 Å². The first-order valence-corrected chi connectivity index (χ1v) is 11.5. The molecular formula is C22H42BN7O6. The number of carbonyl (C=O) groups is 3. The lowest BCUT2D eigenvalue weighted by Crippen LogP contribution is -2.52. The summed E-state index contributed by atoms with van der Waals surface area (Å²) in [7, 11) is -1.69. The summed E-state index contributed by atoms with van der Waals surface area (Å²) < 4.78 is 0. The molecule has 0 saturated heterocycles. The van der Waals surface area contributed by atoms with E-state index in [9.17, 15) is 14.4 Å². The molecule has 1 aromatic carbocycles. The fourth-order valence-corrected chi connectivity index (χ4v) is 2.09. The first-order chi connectivity index (χ1) is 16.8. The van der Waals surface area contributed by atoms with Crippen LogP contribution in [-0.4, -0.2) is 72.5 Å². The quantitative estimate of drug-likeness (QED) is 0.0723. The molecule has 14 heteroatoms. The Morgan fingerprint density at radius 2 is 1.58 bits per heavy atom. The van der Waals surface area contributed by atoms with E-state index in [1.54, 1.807) is 31.2 Å². The van der Waals surface area contributed by atoms with Gasteiger partial charge in [-0.15, -0.1) is 0 Å². The largest absolute Gasteiger partial charge is 0.472 e. The molecule has 0 saturated carbocycles. The van der Waals surface area contributed by atoms with Crippen molar-refractivity contribution in [2.75, 3.05) is 19.6 Å². The van der Waals surface area contributed by atoms with Crippen molar-refractivity contribution in [1.82, 2.24) is 16.0 Å². The first-order valence-electron chi connectivity index (χ1n) is 11.5. The summed E-state index contributed by atoms with van der Waals surface area (Å²) in [6, 6.07) is 7.33. The maximum atomic E-state index is 12.2. The molecule has 1 aromatic rings. The number of hydrogen-bond donors (Lipinski definition) is 8. The number of carbonyl (C=O) groups excluding carboxylic acids is 3. The Bertz CT molecular complexity index is 773. The minimum Gasteiger partial charge on any atom is -0.426 e. The van der Waals surface area contributed by atoms with Crippen molar-refractivity contribution >= 4 is 30.8 Å². The number of nitrogens with one attached hydrogen (secondary N) is 3. The zero-order valence-corrected chi connectivity index (χ0v) is 21.7. The molecule has 0 radical (unpaired) electrons. The second-order valence-corrected chi connectivity index (χ2v) is 8.21. The lowest BCUT2D eigenvalue weighted by molar-refractivity contribution is -0.129. The Morgan fingerprint density at radius 3 is 2.00 bits per heavy atom. The molecule has 13 nitrogen and oxygen atoms in total. The van der Waals surface area contributed by atoms with Crippen molar-refractivity contribution in [3.63, 3.8) is 0 Å². The van der Waals surface area contributed by atoms with Crippen LogP contribution in [0.3, 0.4) is 0 Å². The highest BCUT2D eigenvalue weighted by Gasteiger charge is 2.22. The molecule has 0 spiro atoms. The van der Waals surface area contributed by atoms with Gasteiger partial charge < -0.3 is 48.0 Å². The summed E-state index contributed by atoms with van der Waals surface area (Å²) in [6.07, 6.45) is -0.150. The van der Waals surface area contributed by atoms with Crippen LogP contribution in [-0.2, 0) is 25.6 Å². The third-order valence-corrected chi connectivity index (χ3v) is 3.53. The van der Waals surface area contributed by atoms with Crippen LogP contribution in [0.25, 0.3) is 0 Å². The van der Waals surface area contributed by atoms with Gasteiger partial charge in [0.1, 0.15) is 12.6 Å². The van der Waals surface area contributed by atoms with Crippen LogP contribution in [0.1, 0.15) is 40.2 Å². The summed E-state index contributed by atoms with van der Waals surface area (Å²) in [5.74, 6) is -0.817. The predicted molar refractivity (Wildman–Crippen MR) is 140 cm³/mol. The topological polar surface area (TPSA) is 227 Å². The molecule has 36 heavy (non-hydrogen) atoms. The third-order valence-electron chi connectivity index (χ3n) is 3.53. The van der Waals surface area contributed by atoms with Crippen LogP contribution < -0.4 is 33.2 Å². The standard InChI is InChI=1S/C15H23BN4O5.C4H10.C3H9N3O/c1-10(17)14(22)18-8-13(21)20-12(15(23)19-9-16(24)25)7-11-5-3-2-4-6-11;1-4(2)3;1-2-7-6-3(4)5/h2-6,10,12,24-25H,7-9,17H2,1H3,(H,18,22)(H,19,23)(H,20,21);4H,1-3H3;2H2,1H3,(H4,4,5,6)/t10?,12-;;/m0../s1. The van der Waals surface area contributed by atoms with Gasteiger partial charge in [-0.3, -0.25) is 14.4 Å². The highest BCUT2D eigenvalue weighted by Crippen LogP contribution is 2.03. The van der Waals surface area contributed by atoms with Gasteiger partial charge in [0.25, 0.3) is 0 Å². The van der Waals surface area contributed by atoms with Crippen LogP contribution >= 0.6 is 0 Å². The maximum Gasteiger partial charge on any atom is 0.472 e. The summed E-state index contributed by atoms with van der Waals surface area (Å²) in [5, 5.41) is 28.1. The van der Waals surface area contributed by atoms with Crippen molar-refractivity contribution in [3.05, 3.63) is 35.9 Å². The van der Waals surface area contributed by atoms with Crippen LogP contribution in [0.15, 0.2) is 35.5 Å². The summed E-state index contributed by atoms with van der Waals surface area (Å²) in [4.78, 5) is 40.0. The van der Waals surface area contributed by atoms with E-state index in [-0.39, 0.29) is 25.4 Å². The van der Waals surface area contributed by atoms with Crippen LogP contribution in [0.4, 0.5) is 0 Å². The van der Waals surface area contributed by atoms with Crippen LogP contribution in [0.2, 0.25) is 0 Å².